The van der Waals surface area contributed by atoms with Crippen LogP contribution in [0, 0.1) is 0 Å². The van der Waals surface area contributed by atoms with Crippen molar-refractivity contribution in [3.05, 3.63) is 48.0 Å². The lowest BCUT2D eigenvalue weighted by Gasteiger charge is -2.18. The molecule has 0 saturated heterocycles. The average Bonchev–Trinajstić information content (AvgIpc) is 2.66. The van der Waals surface area contributed by atoms with E-state index in [1.807, 2.05) is 0 Å². The maximum absolute atomic E-state index is 12.0. The van der Waals surface area contributed by atoms with Gasteiger partial charge in [0.1, 0.15) is 11.5 Å². The van der Waals surface area contributed by atoms with Gasteiger partial charge in [-0.3, -0.25) is 4.79 Å². The molecule has 0 aliphatic carbocycles. The number of amides is 1. The van der Waals surface area contributed by atoms with E-state index in [1.165, 1.54) is 6.08 Å². The molecule has 2 aromatic carbocycles. The van der Waals surface area contributed by atoms with E-state index in [1.54, 1.807) is 56.7 Å². The van der Waals surface area contributed by atoms with Gasteiger partial charge in [0.25, 0.3) is 5.91 Å². The second-order valence-electron chi connectivity index (χ2n) is 5.36. The number of benzene rings is 2. The van der Waals surface area contributed by atoms with Crippen LogP contribution < -0.4 is 24.3 Å². The number of esters is 1. The quantitative estimate of drug-likeness (QED) is 0.504. The van der Waals surface area contributed by atoms with Crippen molar-refractivity contribution < 1.29 is 28.5 Å². The fourth-order valence-corrected chi connectivity index (χ4v) is 2.39. The molecule has 1 heterocycles. The van der Waals surface area contributed by atoms with Crippen molar-refractivity contribution in [2.24, 2.45) is 0 Å². The van der Waals surface area contributed by atoms with Crippen molar-refractivity contribution in [3.63, 3.8) is 0 Å². The molecule has 1 aliphatic heterocycles. The lowest BCUT2D eigenvalue weighted by molar-refractivity contribution is -0.129. The Balaban J connectivity index is 1.67. The topological polar surface area (TPSA) is 83.1 Å². The maximum atomic E-state index is 12.0. The highest BCUT2D eigenvalue weighted by Crippen LogP contribution is 2.32. The third kappa shape index (κ3) is 3.94. The Kier molecular flexibility index (Phi) is 5.07. The lowest BCUT2D eigenvalue weighted by atomic mass is 10.2. The molecule has 0 atom stereocenters. The third-order valence-electron chi connectivity index (χ3n) is 3.62. The minimum absolute atomic E-state index is 0.0659. The smallest absolute Gasteiger partial charge is 0.336 e. The van der Waals surface area contributed by atoms with Gasteiger partial charge in [0.15, 0.2) is 18.1 Å². The van der Waals surface area contributed by atoms with Gasteiger partial charge in [-0.05, 0) is 35.9 Å². The Bertz CT molecular complexity index is 874. The SMILES string of the molecule is COc1ccc(/C=C/C(=O)Oc2ccc3c(c2)OCC(=O)N3)cc1OC. The fourth-order valence-electron chi connectivity index (χ4n) is 2.39. The first-order valence-corrected chi connectivity index (χ1v) is 7.77. The Morgan fingerprint density at radius 2 is 1.92 bits per heavy atom. The van der Waals surface area contributed by atoms with Gasteiger partial charge in [-0.2, -0.15) is 0 Å². The van der Waals surface area contributed by atoms with Crippen LogP contribution >= 0.6 is 0 Å². The number of ether oxygens (including phenoxy) is 4. The summed E-state index contributed by atoms with van der Waals surface area (Å²) >= 11 is 0. The Morgan fingerprint density at radius 3 is 2.69 bits per heavy atom. The molecule has 0 radical (unpaired) electrons. The number of anilines is 1. The van der Waals surface area contributed by atoms with E-state index in [2.05, 4.69) is 5.32 Å². The molecule has 26 heavy (non-hydrogen) atoms. The zero-order valence-corrected chi connectivity index (χ0v) is 14.3. The van der Waals surface area contributed by atoms with Crippen molar-refractivity contribution in [2.75, 3.05) is 26.1 Å². The highest BCUT2D eigenvalue weighted by molar-refractivity contribution is 5.95. The molecule has 7 heteroatoms. The van der Waals surface area contributed by atoms with E-state index in [4.69, 9.17) is 18.9 Å². The highest BCUT2D eigenvalue weighted by Gasteiger charge is 2.16. The van der Waals surface area contributed by atoms with E-state index < -0.39 is 5.97 Å². The number of hydrogen-bond acceptors (Lipinski definition) is 6. The van der Waals surface area contributed by atoms with Crippen LogP contribution in [-0.2, 0) is 9.59 Å². The van der Waals surface area contributed by atoms with Crippen molar-refractivity contribution in [1.82, 2.24) is 0 Å². The summed E-state index contributed by atoms with van der Waals surface area (Å²) in [6.07, 6.45) is 2.92. The first kappa shape index (κ1) is 17.3. The molecule has 1 N–H and O–H groups in total. The van der Waals surface area contributed by atoms with E-state index >= 15 is 0 Å². The number of hydrogen-bond donors (Lipinski definition) is 1. The zero-order valence-electron chi connectivity index (χ0n) is 14.3. The average molecular weight is 355 g/mol. The second-order valence-corrected chi connectivity index (χ2v) is 5.36. The first-order chi connectivity index (χ1) is 12.6. The van der Waals surface area contributed by atoms with Crippen molar-refractivity contribution in [1.29, 1.82) is 0 Å². The van der Waals surface area contributed by atoms with Crippen LogP contribution in [0.15, 0.2) is 42.5 Å². The zero-order chi connectivity index (χ0) is 18.5. The van der Waals surface area contributed by atoms with Crippen LogP contribution in [0.25, 0.3) is 6.08 Å². The summed E-state index contributed by atoms with van der Waals surface area (Å²) in [5.41, 5.74) is 1.30. The van der Waals surface area contributed by atoms with E-state index in [0.717, 1.165) is 5.56 Å². The number of carbonyl (C=O) groups excluding carboxylic acids is 2. The molecular formula is C19H17NO6. The van der Waals surface area contributed by atoms with Gasteiger partial charge in [0, 0.05) is 12.1 Å². The largest absolute Gasteiger partial charge is 0.493 e. The van der Waals surface area contributed by atoms with Gasteiger partial charge in [0.05, 0.1) is 19.9 Å². The molecule has 0 saturated carbocycles. The molecule has 0 bridgehead atoms. The predicted molar refractivity (Wildman–Crippen MR) is 94.8 cm³/mol. The Morgan fingerprint density at radius 1 is 1.12 bits per heavy atom. The van der Waals surface area contributed by atoms with Crippen LogP contribution in [0.5, 0.6) is 23.0 Å². The number of nitrogens with one attached hydrogen (secondary N) is 1. The number of carbonyl (C=O) groups is 2. The molecule has 0 aromatic heterocycles. The molecule has 1 aliphatic rings. The summed E-state index contributed by atoms with van der Waals surface area (Å²) in [5.74, 6) is 1.19. The predicted octanol–water partition coefficient (Wildman–Crippen LogP) is 2.65. The standard InChI is InChI=1S/C19H17NO6/c1-23-15-7-3-12(9-17(15)24-2)4-8-19(22)26-13-5-6-14-16(10-13)25-11-18(21)20-14/h3-10H,11H2,1-2H3,(H,20,21)/b8-4+. The fraction of sp³-hybridized carbons (Fsp3) is 0.158. The van der Waals surface area contributed by atoms with E-state index in [9.17, 15) is 9.59 Å². The molecular weight excluding hydrogens is 338 g/mol. The molecule has 1 amide bonds. The minimum atomic E-state index is -0.542. The van der Waals surface area contributed by atoms with Crippen molar-refractivity contribution >= 4 is 23.6 Å². The van der Waals surface area contributed by atoms with Crippen LogP contribution in [0.4, 0.5) is 5.69 Å². The summed E-state index contributed by atoms with van der Waals surface area (Å²) in [7, 11) is 3.10. The normalized spacial score (nSPS) is 12.8. The van der Waals surface area contributed by atoms with Crippen LogP contribution in [0.1, 0.15) is 5.56 Å². The highest BCUT2D eigenvalue weighted by atomic mass is 16.5. The molecule has 0 fully saturated rings. The van der Waals surface area contributed by atoms with Gasteiger partial charge in [-0.15, -0.1) is 0 Å². The molecule has 3 rings (SSSR count). The summed E-state index contributed by atoms with van der Waals surface area (Å²) < 4.78 is 20.9. The first-order valence-electron chi connectivity index (χ1n) is 7.77. The monoisotopic (exact) mass is 355 g/mol. The molecule has 7 nitrogen and oxygen atoms in total. The van der Waals surface area contributed by atoms with Gasteiger partial charge in [0.2, 0.25) is 0 Å². The van der Waals surface area contributed by atoms with Crippen LogP contribution in [0.2, 0.25) is 0 Å². The van der Waals surface area contributed by atoms with Crippen LogP contribution in [-0.4, -0.2) is 32.7 Å². The maximum Gasteiger partial charge on any atom is 0.336 e. The summed E-state index contributed by atoms with van der Waals surface area (Å²) in [4.78, 5) is 23.3. The van der Waals surface area contributed by atoms with Gasteiger partial charge in [-0.1, -0.05) is 6.07 Å². The van der Waals surface area contributed by atoms with E-state index in [-0.39, 0.29) is 12.5 Å². The van der Waals surface area contributed by atoms with Gasteiger partial charge in [-0.25, -0.2) is 4.79 Å². The van der Waals surface area contributed by atoms with Crippen LogP contribution in [0.3, 0.4) is 0 Å². The summed E-state index contributed by atoms with van der Waals surface area (Å²) in [6.45, 7) is -0.0659. The van der Waals surface area contributed by atoms with Crippen molar-refractivity contribution in [3.8, 4) is 23.0 Å². The number of rotatable bonds is 5. The second kappa shape index (κ2) is 7.60. The number of methoxy groups -OCH3 is 2. The van der Waals surface area contributed by atoms with Gasteiger partial charge >= 0.3 is 5.97 Å². The Hall–Kier alpha value is -3.48. The number of fused-ring (bicyclic) bond motifs is 1. The molecule has 0 unspecified atom stereocenters. The summed E-state index contributed by atoms with van der Waals surface area (Å²) in [5, 5.41) is 2.67. The van der Waals surface area contributed by atoms with E-state index in [0.29, 0.717) is 28.7 Å². The lowest BCUT2D eigenvalue weighted by Crippen LogP contribution is -2.25. The Labute approximate surface area is 150 Å². The summed E-state index contributed by atoms with van der Waals surface area (Å²) in [6, 6.07) is 10.0. The molecule has 2 aromatic rings. The van der Waals surface area contributed by atoms with Crippen molar-refractivity contribution in [2.45, 2.75) is 0 Å². The molecule has 0 spiro atoms. The third-order valence-corrected chi connectivity index (χ3v) is 3.62. The van der Waals surface area contributed by atoms with Gasteiger partial charge < -0.3 is 24.3 Å². The molecule has 134 valence electrons. The minimum Gasteiger partial charge on any atom is -0.493 e.